The zero-order valence-corrected chi connectivity index (χ0v) is 15.8. The lowest BCUT2D eigenvalue weighted by molar-refractivity contribution is -0.138. The van der Waals surface area contributed by atoms with Crippen LogP contribution in [0.5, 0.6) is 0 Å². The molecule has 2 aliphatic rings. The van der Waals surface area contributed by atoms with Crippen LogP contribution in [-0.2, 0) is 9.59 Å². The molecule has 0 aliphatic carbocycles. The van der Waals surface area contributed by atoms with Crippen LogP contribution in [0.2, 0.25) is 5.02 Å². The van der Waals surface area contributed by atoms with Crippen molar-refractivity contribution in [3.63, 3.8) is 0 Å². The predicted octanol–water partition coefficient (Wildman–Crippen LogP) is 3.46. The van der Waals surface area contributed by atoms with Crippen LogP contribution >= 0.6 is 23.4 Å². The molecule has 0 radical (unpaired) electrons. The third-order valence-corrected chi connectivity index (χ3v) is 6.37. The lowest BCUT2D eigenvalue weighted by Crippen LogP contribution is -2.43. The Morgan fingerprint density at radius 1 is 1.16 bits per heavy atom. The van der Waals surface area contributed by atoms with E-state index in [1.54, 1.807) is 16.7 Å². The van der Waals surface area contributed by atoms with Gasteiger partial charge in [-0.3, -0.25) is 9.59 Å². The molecular weight excluding hydrogens is 356 g/mol. The van der Waals surface area contributed by atoms with Crippen LogP contribution in [0.1, 0.15) is 19.3 Å². The minimum absolute atomic E-state index is 0.0370. The van der Waals surface area contributed by atoms with Gasteiger partial charge in [0.1, 0.15) is 0 Å². The topological polar surface area (TPSA) is 40.6 Å². The molecule has 0 aromatic heterocycles. The lowest BCUT2D eigenvalue weighted by atomic mass is 9.95. The monoisotopic (exact) mass is 378 g/mol. The number of hydrogen-bond donors (Lipinski definition) is 0. The fraction of sp³-hybridized carbons (Fsp3) is 0.474. The minimum Gasteiger partial charge on any atom is -0.341 e. The van der Waals surface area contributed by atoms with E-state index in [0.717, 1.165) is 42.3 Å². The zero-order valence-electron chi connectivity index (χ0n) is 14.2. The zero-order chi connectivity index (χ0) is 17.8. The average Bonchev–Trinajstić information content (AvgIpc) is 3.09. The number of halogens is 1. The normalized spacial score (nSPS) is 21.4. The summed E-state index contributed by atoms with van der Waals surface area (Å²) in [6, 6.07) is 7.87. The van der Waals surface area contributed by atoms with Crippen molar-refractivity contribution in [3.05, 3.63) is 41.9 Å². The second-order valence-corrected chi connectivity index (χ2v) is 8.38. The third kappa shape index (κ3) is 4.59. The number of likely N-dealkylation sites (tertiary alicyclic amines) is 2. The Morgan fingerprint density at radius 2 is 1.88 bits per heavy atom. The summed E-state index contributed by atoms with van der Waals surface area (Å²) in [6.45, 7) is 6.44. The van der Waals surface area contributed by atoms with Crippen LogP contribution in [0, 0.1) is 5.92 Å². The van der Waals surface area contributed by atoms with Gasteiger partial charge in [0, 0.05) is 47.3 Å². The first-order valence-corrected chi connectivity index (χ1v) is 9.95. The van der Waals surface area contributed by atoms with Gasteiger partial charge in [-0.15, -0.1) is 11.8 Å². The molecule has 134 valence electrons. The Bertz CT molecular complexity index is 659. The molecule has 4 nitrogen and oxygen atoms in total. The van der Waals surface area contributed by atoms with Gasteiger partial charge in [0.15, 0.2) is 0 Å². The molecule has 1 atom stereocenters. The van der Waals surface area contributed by atoms with Crippen molar-refractivity contribution in [1.29, 1.82) is 0 Å². The van der Waals surface area contributed by atoms with E-state index < -0.39 is 0 Å². The summed E-state index contributed by atoms with van der Waals surface area (Å²) in [7, 11) is 0. The van der Waals surface area contributed by atoms with Gasteiger partial charge in [-0.25, -0.2) is 0 Å². The molecule has 1 aromatic carbocycles. The van der Waals surface area contributed by atoms with Crippen molar-refractivity contribution in [2.24, 2.45) is 5.92 Å². The van der Waals surface area contributed by atoms with Crippen molar-refractivity contribution < 1.29 is 9.59 Å². The molecule has 2 heterocycles. The van der Waals surface area contributed by atoms with E-state index in [4.69, 9.17) is 11.6 Å². The number of amides is 2. The predicted molar refractivity (Wildman–Crippen MR) is 102 cm³/mol. The second-order valence-electron chi connectivity index (χ2n) is 6.57. The summed E-state index contributed by atoms with van der Waals surface area (Å²) in [5.41, 5.74) is 0. The van der Waals surface area contributed by atoms with Crippen LogP contribution in [0.25, 0.3) is 0 Å². The van der Waals surface area contributed by atoms with Gasteiger partial charge < -0.3 is 9.80 Å². The van der Waals surface area contributed by atoms with Gasteiger partial charge in [-0.1, -0.05) is 24.2 Å². The molecule has 6 heteroatoms. The van der Waals surface area contributed by atoms with Crippen molar-refractivity contribution in [2.45, 2.75) is 29.4 Å². The number of rotatable bonds is 4. The lowest BCUT2D eigenvalue weighted by Gasteiger charge is -2.32. The summed E-state index contributed by atoms with van der Waals surface area (Å²) in [5, 5.41) is 1.17. The quantitative estimate of drug-likeness (QED) is 0.753. The van der Waals surface area contributed by atoms with Crippen LogP contribution in [0.4, 0.5) is 0 Å². The summed E-state index contributed by atoms with van der Waals surface area (Å²) in [6.07, 6.45) is 3.86. The summed E-state index contributed by atoms with van der Waals surface area (Å²) in [4.78, 5) is 29.3. The van der Waals surface area contributed by atoms with Crippen molar-refractivity contribution in [3.8, 4) is 0 Å². The Kier molecular flexibility index (Phi) is 6.07. The van der Waals surface area contributed by atoms with Crippen LogP contribution in [0.3, 0.4) is 0 Å². The standard InChI is InChI=1S/C19H23ClN2O2S/c1-2-18(23)21-9-6-14(7-10-21)19(24)22-11-8-17(13-22)25-16-5-3-4-15(20)12-16/h2-5,12,14,17H,1,6-11,13H2. The molecule has 0 spiro atoms. The van der Waals surface area contributed by atoms with E-state index in [1.165, 1.54) is 6.08 Å². The highest BCUT2D eigenvalue weighted by atomic mass is 35.5. The fourth-order valence-corrected chi connectivity index (χ4v) is 4.96. The molecule has 1 aromatic rings. The van der Waals surface area contributed by atoms with Crippen LogP contribution in [-0.4, -0.2) is 53.0 Å². The second kappa shape index (κ2) is 8.28. The van der Waals surface area contributed by atoms with E-state index in [9.17, 15) is 9.59 Å². The molecule has 2 saturated heterocycles. The number of carbonyl (C=O) groups excluding carboxylic acids is 2. The van der Waals surface area contributed by atoms with Crippen LogP contribution in [0.15, 0.2) is 41.8 Å². The summed E-state index contributed by atoms with van der Waals surface area (Å²) < 4.78 is 0. The molecule has 2 amide bonds. The van der Waals surface area contributed by atoms with E-state index in [0.29, 0.717) is 18.3 Å². The van der Waals surface area contributed by atoms with E-state index >= 15 is 0 Å². The van der Waals surface area contributed by atoms with Crippen LogP contribution < -0.4 is 0 Å². The Balaban J connectivity index is 1.49. The van der Waals surface area contributed by atoms with E-state index in [2.05, 4.69) is 12.6 Å². The van der Waals surface area contributed by atoms with Crippen molar-refractivity contribution >= 4 is 35.2 Å². The van der Waals surface area contributed by atoms with Gasteiger partial charge in [-0.2, -0.15) is 0 Å². The number of benzene rings is 1. The highest BCUT2D eigenvalue weighted by Crippen LogP contribution is 2.32. The van der Waals surface area contributed by atoms with Gasteiger partial charge in [0.05, 0.1) is 0 Å². The number of nitrogens with zero attached hydrogens (tertiary/aromatic N) is 2. The summed E-state index contributed by atoms with van der Waals surface area (Å²) in [5.74, 6) is 0.258. The molecule has 2 aliphatic heterocycles. The van der Waals surface area contributed by atoms with Gasteiger partial charge in [0.2, 0.25) is 11.8 Å². The van der Waals surface area contributed by atoms with Gasteiger partial charge >= 0.3 is 0 Å². The van der Waals surface area contributed by atoms with E-state index in [1.807, 2.05) is 23.1 Å². The summed E-state index contributed by atoms with van der Waals surface area (Å²) >= 11 is 7.84. The van der Waals surface area contributed by atoms with Gasteiger partial charge in [0.25, 0.3) is 0 Å². The first kappa shape index (κ1) is 18.3. The number of carbonyl (C=O) groups is 2. The minimum atomic E-state index is -0.0370. The molecule has 0 bridgehead atoms. The molecule has 25 heavy (non-hydrogen) atoms. The number of thioether (sulfide) groups is 1. The first-order valence-electron chi connectivity index (χ1n) is 8.69. The Labute approximate surface area is 158 Å². The maximum Gasteiger partial charge on any atom is 0.245 e. The maximum atomic E-state index is 12.8. The maximum absolute atomic E-state index is 12.8. The fourth-order valence-electron chi connectivity index (χ4n) is 3.49. The average molecular weight is 379 g/mol. The molecule has 0 N–H and O–H groups in total. The smallest absolute Gasteiger partial charge is 0.245 e. The molecule has 0 saturated carbocycles. The molecule has 3 rings (SSSR count). The third-order valence-electron chi connectivity index (χ3n) is 4.89. The Morgan fingerprint density at radius 3 is 2.56 bits per heavy atom. The SMILES string of the molecule is C=CC(=O)N1CCC(C(=O)N2CCC(Sc3cccc(Cl)c3)C2)CC1. The first-order chi connectivity index (χ1) is 12.1. The van der Waals surface area contributed by atoms with Crippen molar-refractivity contribution in [1.82, 2.24) is 9.80 Å². The molecule has 1 unspecified atom stereocenters. The number of hydrogen-bond acceptors (Lipinski definition) is 3. The largest absolute Gasteiger partial charge is 0.341 e. The number of piperidine rings is 1. The molecular formula is C19H23ClN2O2S. The van der Waals surface area contributed by atoms with Gasteiger partial charge in [-0.05, 0) is 43.5 Å². The highest BCUT2D eigenvalue weighted by Gasteiger charge is 2.33. The Hall–Kier alpha value is -1.46. The molecule has 2 fully saturated rings. The van der Waals surface area contributed by atoms with Crippen molar-refractivity contribution in [2.75, 3.05) is 26.2 Å². The van der Waals surface area contributed by atoms with E-state index in [-0.39, 0.29) is 17.7 Å². The highest BCUT2D eigenvalue weighted by molar-refractivity contribution is 8.00.